The number of ether oxygens (including phenoxy) is 2. The fourth-order valence-electron chi connectivity index (χ4n) is 5.55. The van der Waals surface area contributed by atoms with Crippen molar-refractivity contribution in [2.24, 2.45) is 0 Å². The minimum Gasteiger partial charge on any atom is -0.493 e. The summed E-state index contributed by atoms with van der Waals surface area (Å²) in [6.07, 6.45) is 0. The Morgan fingerprint density at radius 2 is 1.54 bits per heavy atom. The van der Waals surface area contributed by atoms with E-state index in [1.165, 1.54) is 25.2 Å². The molecule has 9 heteroatoms. The van der Waals surface area contributed by atoms with Crippen LogP contribution in [-0.2, 0) is 4.79 Å². The fourth-order valence-corrected chi connectivity index (χ4v) is 5.55. The second-order valence-electron chi connectivity index (χ2n) is 9.95. The average molecular weight is 533 g/mol. The first-order chi connectivity index (χ1) is 18.8. The third-order valence-corrected chi connectivity index (χ3v) is 7.69. The molecule has 8 nitrogen and oxygen atoms in total. The molecule has 1 saturated heterocycles. The van der Waals surface area contributed by atoms with Gasteiger partial charge in [0.15, 0.2) is 11.5 Å². The zero-order valence-electron chi connectivity index (χ0n) is 22.6. The summed E-state index contributed by atoms with van der Waals surface area (Å²) in [6.45, 7) is 3.51. The minimum atomic E-state index is -0.917. The first-order valence-electron chi connectivity index (χ1n) is 12.9. The van der Waals surface area contributed by atoms with E-state index in [1.54, 1.807) is 37.4 Å². The van der Waals surface area contributed by atoms with E-state index >= 15 is 4.39 Å². The third-order valence-electron chi connectivity index (χ3n) is 7.69. The highest BCUT2D eigenvalue weighted by atomic mass is 19.1. The van der Waals surface area contributed by atoms with E-state index in [0.717, 1.165) is 31.9 Å². The zero-order chi connectivity index (χ0) is 27.7. The van der Waals surface area contributed by atoms with Gasteiger partial charge in [0, 0.05) is 44.4 Å². The van der Waals surface area contributed by atoms with Crippen LogP contribution in [0.5, 0.6) is 11.5 Å². The molecule has 3 aromatic carbocycles. The van der Waals surface area contributed by atoms with E-state index in [-0.39, 0.29) is 17.4 Å². The summed E-state index contributed by atoms with van der Waals surface area (Å²) in [7, 11) is 6.67. The number of halogens is 1. The highest BCUT2D eigenvalue weighted by Gasteiger charge is 2.44. The summed E-state index contributed by atoms with van der Waals surface area (Å²) < 4.78 is 26.1. The summed E-state index contributed by atoms with van der Waals surface area (Å²) in [6, 6.07) is 16.3. The molecule has 1 fully saturated rings. The van der Waals surface area contributed by atoms with Gasteiger partial charge >= 0.3 is 0 Å². The van der Waals surface area contributed by atoms with Gasteiger partial charge in [0.2, 0.25) is 5.91 Å². The maximum absolute atomic E-state index is 15.2. The van der Waals surface area contributed by atoms with E-state index in [4.69, 9.17) is 9.47 Å². The number of hydrogen-bond acceptors (Lipinski definition) is 6. The van der Waals surface area contributed by atoms with Gasteiger partial charge < -0.3 is 29.5 Å². The number of hydrogen-bond donors (Lipinski definition) is 1. The van der Waals surface area contributed by atoms with Gasteiger partial charge in [-0.25, -0.2) is 4.39 Å². The van der Waals surface area contributed by atoms with E-state index in [2.05, 4.69) is 22.2 Å². The normalized spacial score (nSPS) is 19.5. The summed E-state index contributed by atoms with van der Waals surface area (Å²) in [5, 5.41) is 3.12. The van der Waals surface area contributed by atoms with Crippen molar-refractivity contribution in [2.45, 2.75) is 12.0 Å². The van der Waals surface area contributed by atoms with Crippen LogP contribution in [0.25, 0.3) is 0 Å². The average Bonchev–Trinajstić information content (AvgIpc) is 2.95. The van der Waals surface area contributed by atoms with Crippen molar-refractivity contribution in [1.82, 2.24) is 9.80 Å². The molecule has 39 heavy (non-hydrogen) atoms. The van der Waals surface area contributed by atoms with Crippen LogP contribution in [0.2, 0.25) is 0 Å². The van der Waals surface area contributed by atoms with E-state index in [9.17, 15) is 9.59 Å². The number of carbonyl (C=O) groups excluding carboxylic acids is 2. The molecule has 2 amide bonds. The van der Waals surface area contributed by atoms with Gasteiger partial charge in [-0.15, -0.1) is 0 Å². The zero-order valence-corrected chi connectivity index (χ0v) is 22.6. The molecule has 2 aliphatic rings. The number of rotatable bonds is 6. The third kappa shape index (κ3) is 4.90. The molecule has 0 saturated carbocycles. The molecule has 0 bridgehead atoms. The number of fused-ring (bicyclic) bond motifs is 1. The SMILES string of the molecule is COc1cc2c(cc1OC)[C@@H](C(=O)Nc1ccccc1N1CCN(C)CC1)[C@@H](c1ccccc1F)N(C)C2=O. The maximum Gasteiger partial charge on any atom is 0.254 e. The van der Waals surface area contributed by atoms with Gasteiger partial charge in [0.05, 0.1) is 37.6 Å². The molecule has 0 aromatic heterocycles. The molecule has 3 aromatic rings. The number of amides is 2. The van der Waals surface area contributed by atoms with Crippen molar-refractivity contribution in [3.8, 4) is 11.5 Å². The highest BCUT2D eigenvalue weighted by molar-refractivity contribution is 6.05. The largest absolute Gasteiger partial charge is 0.493 e. The molecular weight excluding hydrogens is 499 g/mol. The fraction of sp³-hybridized carbons (Fsp3) is 0.333. The first kappa shape index (κ1) is 26.5. The Kier molecular flexibility index (Phi) is 7.43. The smallest absolute Gasteiger partial charge is 0.254 e. The topological polar surface area (TPSA) is 74.4 Å². The molecule has 2 aliphatic heterocycles. The summed E-state index contributed by atoms with van der Waals surface area (Å²) >= 11 is 0. The van der Waals surface area contributed by atoms with Crippen LogP contribution >= 0.6 is 0 Å². The molecular formula is C30H33FN4O4. The monoisotopic (exact) mass is 532 g/mol. The number of benzene rings is 3. The van der Waals surface area contributed by atoms with Crippen LogP contribution in [0.1, 0.15) is 33.4 Å². The van der Waals surface area contributed by atoms with Crippen molar-refractivity contribution in [3.63, 3.8) is 0 Å². The standard InChI is InChI=1S/C30H33FN4O4/c1-33-13-15-35(16-14-33)24-12-8-7-11-23(24)32-29(36)27-20-17-25(38-3)26(39-4)18-21(20)30(37)34(2)28(27)19-9-5-6-10-22(19)31/h5-12,17-18,27-28H,13-16H2,1-4H3,(H,32,36)/t27-,28-/m1/s1. The summed E-state index contributed by atoms with van der Waals surface area (Å²) in [5.41, 5.74) is 2.63. The van der Waals surface area contributed by atoms with Crippen LogP contribution in [-0.4, -0.2) is 76.1 Å². The molecule has 0 spiro atoms. The van der Waals surface area contributed by atoms with Crippen LogP contribution in [0, 0.1) is 5.82 Å². The predicted molar refractivity (Wildman–Crippen MR) is 148 cm³/mol. The summed E-state index contributed by atoms with van der Waals surface area (Å²) in [4.78, 5) is 33.8. The number of methoxy groups -OCH3 is 2. The van der Waals surface area contributed by atoms with Gasteiger partial charge in [-0.2, -0.15) is 0 Å². The van der Waals surface area contributed by atoms with Crippen molar-refractivity contribution < 1.29 is 23.5 Å². The van der Waals surface area contributed by atoms with E-state index in [1.807, 2.05) is 24.3 Å². The highest BCUT2D eigenvalue weighted by Crippen LogP contribution is 2.46. The van der Waals surface area contributed by atoms with Gasteiger partial charge in [-0.05, 0) is 42.9 Å². The van der Waals surface area contributed by atoms with E-state index < -0.39 is 17.8 Å². The lowest BCUT2D eigenvalue weighted by atomic mass is 9.79. The molecule has 0 aliphatic carbocycles. The first-order valence-corrected chi connectivity index (χ1v) is 12.9. The molecule has 1 N–H and O–H groups in total. The Morgan fingerprint density at radius 1 is 0.897 bits per heavy atom. The number of anilines is 2. The number of carbonyl (C=O) groups is 2. The lowest BCUT2D eigenvalue weighted by molar-refractivity contribution is -0.119. The Balaban J connectivity index is 1.61. The second kappa shape index (κ2) is 10.9. The maximum atomic E-state index is 15.2. The van der Waals surface area contributed by atoms with Crippen LogP contribution < -0.4 is 19.7 Å². The molecule has 0 radical (unpaired) electrons. The van der Waals surface area contributed by atoms with Crippen LogP contribution in [0.4, 0.5) is 15.8 Å². The second-order valence-corrected chi connectivity index (χ2v) is 9.95. The Labute approximate surface area is 227 Å². The quantitative estimate of drug-likeness (QED) is 0.515. The molecule has 0 unspecified atom stereocenters. The molecule has 5 rings (SSSR count). The molecule has 2 atom stereocenters. The van der Waals surface area contributed by atoms with Crippen LogP contribution in [0.3, 0.4) is 0 Å². The Morgan fingerprint density at radius 3 is 2.23 bits per heavy atom. The summed E-state index contributed by atoms with van der Waals surface area (Å²) in [5.74, 6) is -1.32. The molecule has 204 valence electrons. The number of likely N-dealkylation sites (N-methyl/N-ethyl adjacent to an activating group) is 2. The van der Waals surface area contributed by atoms with Gasteiger partial charge in [0.25, 0.3) is 5.91 Å². The predicted octanol–water partition coefficient (Wildman–Crippen LogP) is 4.14. The van der Waals surface area contributed by atoms with E-state index in [0.29, 0.717) is 28.3 Å². The van der Waals surface area contributed by atoms with Gasteiger partial charge in [-0.1, -0.05) is 30.3 Å². The van der Waals surface area contributed by atoms with Gasteiger partial charge in [-0.3, -0.25) is 9.59 Å². The number of nitrogens with one attached hydrogen (secondary N) is 1. The Bertz CT molecular complexity index is 1390. The number of piperazine rings is 1. The number of nitrogens with zero attached hydrogens (tertiary/aromatic N) is 3. The van der Waals surface area contributed by atoms with Crippen molar-refractivity contribution in [1.29, 1.82) is 0 Å². The Hall–Kier alpha value is -4.11. The van der Waals surface area contributed by atoms with Crippen molar-refractivity contribution >= 4 is 23.2 Å². The molecule has 2 heterocycles. The van der Waals surface area contributed by atoms with Crippen molar-refractivity contribution in [2.75, 3.05) is 64.7 Å². The lowest BCUT2D eigenvalue weighted by Gasteiger charge is -2.40. The van der Waals surface area contributed by atoms with Gasteiger partial charge in [0.1, 0.15) is 5.82 Å². The van der Waals surface area contributed by atoms with Crippen molar-refractivity contribution in [3.05, 3.63) is 83.2 Å². The minimum absolute atomic E-state index is 0.265. The lowest BCUT2D eigenvalue weighted by Crippen LogP contribution is -2.45. The number of para-hydroxylation sites is 2. The van der Waals surface area contributed by atoms with Crippen LogP contribution in [0.15, 0.2) is 60.7 Å².